The first-order valence-electron chi connectivity index (χ1n) is 9.88. The highest BCUT2D eigenvalue weighted by Crippen LogP contribution is 2.25. The fraction of sp³-hybridized carbons (Fsp3) is 0.500. The number of rotatable bonds is 4. The molecule has 0 aromatic carbocycles. The van der Waals surface area contributed by atoms with Gasteiger partial charge in [0.05, 0.1) is 30.4 Å². The van der Waals surface area contributed by atoms with Crippen molar-refractivity contribution in [1.29, 1.82) is 0 Å². The Kier molecular flexibility index (Phi) is 14.3. The normalized spacial score (nSPS) is 24.9. The summed E-state index contributed by atoms with van der Waals surface area (Å²) in [5.74, 6) is 0.891. The summed E-state index contributed by atoms with van der Waals surface area (Å²) < 4.78 is 5.61. The number of allylic oxidation sites excluding steroid dienone is 8. The maximum absolute atomic E-state index is 9.36. The molecule has 5 heteroatoms. The van der Waals surface area contributed by atoms with Crippen molar-refractivity contribution in [3.63, 3.8) is 0 Å². The number of hydrogen-bond donors (Lipinski definition) is 2. The Morgan fingerprint density at radius 1 is 1.19 bits per heavy atom. The van der Waals surface area contributed by atoms with Crippen molar-refractivity contribution in [1.82, 2.24) is 0 Å². The molecule has 0 unspecified atom stereocenters. The van der Waals surface area contributed by atoms with E-state index in [0.717, 1.165) is 42.0 Å². The van der Waals surface area contributed by atoms with E-state index in [1.54, 1.807) is 0 Å². The third-order valence-corrected chi connectivity index (χ3v) is 3.85. The molecule has 4 nitrogen and oxygen atoms in total. The first-order chi connectivity index (χ1) is 13.1. The molecule has 0 atom stereocenters. The number of aliphatic hydroxyl groups excluding tert-OH is 1. The summed E-state index contributed by atoms with van der Waals surface area (Å²) in [5, 5.41) is 10.0. The number of hydrogen-bond acceptors (Lipinski definition) is 4. The van der Waals surface area contributed by atoms with Crippen LogP contribution in [0.2, 0.25) is 0 Å². The van der Waals surface area contributed by atoms with Crippen molar-refractivity contribution in [3.05, 3.63) is 58.1 Å². The van der Waals surface area contributed by atoms with Crippen molar-refractivity contribution in [2.24, 2.45) is 10.7 Å². The van der Waals surface area contributed by atoms with Crippen LogP contribution in [-0.4, -0.2) is 24.0 Å². The molecule has 0 saturated carbocycles. The van der Waals surface area contributed by atoms with Crippen LogP contribution in [0.3, 0.4) is 0 Å². The number of aliphatic imine (C=N–C) groups is 1. The smallest absolute Gasteiger partial charge is 0.0984 e. The minimum atomic E-state index is -0.176. The highest BCUT2D eigenvalue weighted by molar-refractivity contribution is 6.31. The lowest BCUT2D eigenvalue weighted by atomic mass is 9.95. The summed E-state index contributed by atoms with van der Waals surface area (Å²) in [4.78, 5) is 4.71. The second kappa shape index (κ2) is 15.3. The van der Waals surface area contributed by atoms with Crippen molar-refractivity contribution >= 4 is 17.3 Å². The lowest BCUT2D eigenvalue weighted by molar-refractivity contribution is 0.218. The van der Waals surface area contributed by atoms with Gasteiger partial charge in [0.25, 0.3) is 0 Å². The van der Waals surface area contributed by atoms with E-state index in [1.165, 1.54) is 0 Å². The summed E-state index contributed by atoms with van der Waals surface area (Å²) in [6.07, 6.45) is 13.0. The first kappa shape index (κ1) is 25.2. The van der Waals surface area contributed by atoms with Crippen LogP contribution >= 0.6 is 11.6 Å². The molecule has 0 aliphatic heterocycles. The molecule has 0 aromatic rings. The SMILES string of the molecule is CC.CC.CCOC1=CC(=N/C2=C/CC/C=C/C(Cl)=C\2)/C(=C(\N)CO)CC1. The summed E-state index contributed by atoms with van der Waals surface area (Å²) >= 11 is 6.16. The molecule has 152 valence electrons. The van der Waals surface area contributed by atoms with Gasteiger partial charge in [0.15, 0.2) is 0 Å². The highest BCUT2D eigenvalue weighted by Gasteiger charge is 2.18. The van der Waals surface area contributed by atoms with Gasteiger partial charge in [0, 0.05) is 23.2 Å². The Balaban J connectivity index is 0.00000158. The molecule has 0 fully saturated rings. The molecule has 0 heterocycles. The van der Waals surface area contributed by atoms with E-state index in [2.05, 4.69) is 6.08 Å². The van der Waals surface area contributed by atoms with E-state index in [-0.39, 0.29) is 6.61 Å². The van der Waals surface area contributed by atoms with Crippen LogP contribution in [0, 0.1) is 0 Å². The zero-order valence-electron chi connectivity index (χ0n) is 17.4. The first-order valence-corrected chi connectivity index (χ1v) is 10.3. The van der Waals surface area contributed by atoms with Crippen LogP contribution < -0.4 is 5.73 Å². The quantitative estimate of drug-likeness (QED) is 0.637. The van der Waals surface area contributed by atoms with E-state index < -0.39 is 0 Å². The summed E-state index contributed by atoms with van der Waals surface area (Å²) in [6.45, 7) is 10.4. The lowest BCUT2D eigenvalue weighted by Crippen LogP contribution is -2.17. The fourth-order valence-electron chi connectivity index (χ4n) is 2.50. The molecule has 0 spiro atoms. The van der Waals surface area contributed by atoms with E-state index >= 15 is 0 Å². The van der Waals surface area contributed by atoms with Gasteiger partial charge < -0.3 is 15.6 Å². The Bertz CT molecular complexity index is 626. The largest absolute Gasteiger partial charge is 0.498 e. The molecule has 2 aliphatic rings. The Morgan fingerprint density at radius 3 is 2.52 bits per heavy atom. The van der Waals surface area contributed by atoms with Crippen LogP contribution in [0.5, 0.6) is 0 Å². The van der Waals surface area contributed by atoms with Crippen LogP contribution in [0.25, 0.3) is 0 Å². The van der Waals surface area contributed by atoms with E-state index in [1.807, 2.05) is 58.9 Å². The summed E-state index contributed by atoms with van der Waals surface area (Å²) in [6, 6.07) is 0. The van der Waals surface area contributed by atoms with E-state index in [9.17, 15) is 5.11 Å². The molecule has 0 aromatic heterocycles. The van der Waals surface area contributed by atoms with Crippen molar-refractivity contribution in [2.75, 3.05) is 13.2 Å². The van der Waals surface area contributed by atoms with E-state index in [4.69, 9.17) is 27.1 Å². The van der Waals surface area contributed by atoms with Crippen molar-refractivity contribution in [3.8, 4) is 0 Å². The predicted molar refractivity (Wildman–Crippen MR) is 118 cm³/mol. The van der Waals surface area contributed by atoms with Crippen LogP contribution in [0.15, 0.2) is 63.1 Å². The Morgan fingerprint density at radius 2 is 1.89 bits per heavy atom. The van der Waals surface area contributed by atoms with Crippen LogP contribution in [0.1, 0.15) is 60.3 Å². The molecular weight excluding hydrogens is 360 g/mol. The van der Waals surface area contributed by atoms with Gasteiger partial charge in [-0.1, -0.05) is 51.4 Å². The number of halogens is 1. The molecule has 2 aliphatic carbocycles. The highest BCUT2D eigenvalue weighted by atomic mass is 35.5. The zero-order chi connectivity index (χ0) is 20.7. The number of nitrogens with two attached hydrogens (primary N) is 1. The third kappa shape index (κ3) is 9.12. The second-order valence-electron chi connectivity index (χ2n) is 5.34. The van der Waals surface area contributed by atoms with E-state index in [0.29, 0.717) is 23.8 Å². The standard InChI is InChI=1S/C18H23ClN2O2.2C2H6/c1-2-23-15-8-9-16(17(20)12-22)18(11-15)21-14-7-5-3-4-6-13(19)10-14;2*1-2/h4,6-7,10-11,22H,2-3,5,8-9,12,20H2,1H3;2*1-2H3/b6-4+,13-10+,14-7+,17-16-,21-18-;;. The molecule has 2 rings (SSSR count). The van der Waals surface area contributed by atoms with Gasteiger partial charge in [-0.15, -0.1) is 0 Å². The molecule has 0 saturated heterocycles. The van der Waals surface area contributed by atoms with Crippen LogP contribution in [0.4, 0.5) is 0 Å². The average molecular weight is 395 g/mol. The van der Waals surface area contributed by atoms with Crippen LogP contribution in [-0.2, 0) is 4.74 Å². The third-order valence-electron chi connectivity index (χ3n) is 3.62. The number of aliphatic hydroxyl groups is 1. The zero-order valence-corrected chi connectivity index (χ0v) is 18.1. The van der Waals surface area contributed by atoms with Gasteiger partial charge in [0.1, 0.15) is 0 Å². The molecule has 0 radical (unpaired) electrons. The molecule has 3 N–H and O–H groups in total. The minimum absolute atomic E-state index is 0.176. The van der Waals surface area contributed by atoms with Crippen molar-refractivity contribution < 1.29 is 9.84 Å². The monoisotopic (exact) mass is 394 g/mol. The van der Waals surface area contributed by atoms with Gasteiger partial charge in [-0.05, 0) is 43.9 Å². The topological polar surface area (TPSA) is 67.8 Å². The maximum Gasteiger partial charge on any atom is 0.0984 e. The summed E-state index contributed by atoms with van der Waals surface area (Å²) in [5.41, 5.74) is 8.82. The predicted octanol–water partition coefficient (Wildman–Crippen LogP) is 5.76. The van der Waals surface area contributed by atoms with Gasteiger partial charge in [0.2, 0.25) is 0 Å². The second-order valence-corrected chi connectivity index (χ2v) is 5.78. The molecule has 0 bridgehead atoms. The molecule has 27 heavy (non-hydrogen) atoms. The van der Waals surface area contributed by atoms with Gasteiger partial charge in [-0.2, -0.15) is 0 Å². The minimum Gasteiger partial charge on any atom is -0.498 e. The maximum atomic E-state index is 9.36. The number of nitrogens with zero attached hydrogens (tertiary/aromatic N) is 1. The van der Waals surface area contributed by atoms with Gasteiger partial charge in [-0.25, -0.2) is 4.99 Å². The van der Waals surface area contributed by atoms with Gasteiger partial charge >= 0.3 is 0 Å². The fourth-order valence-corrected chi connectivity index (χ4v) is 2.70. The summed E-state index contributed by atoms with van der Waals surface area (Å²) in [7, 11) is 0. The van der Waals surface area contributed by atoms with Crippen molar-refractivity contribution in [2.45, 2.75) is 60.3 Å². The molecular formula is C22H35ClN2O2. The van der Waals surface area contributed by atoms with Gasteiger partial charge in [-0.3, -0.25) is 0 Å². The molecule has 0 amide bonds. The Labute approximate surface area is 169 Å². The lowest BCUT2D eigenvalue weighted by Gasteiger charge is -2.19. The Hall–Kier alpha value is -1.78. The average Bonchev–Trinajstić information content (AvgIpc) is 2.69. The number of ether oxygens (including phenoxy) is 1.